The maximum atomic E-state index is 12.5. The topological polar surface area (TPSA) is 37.4 Å². The Balaban J connectivity index is 2.12. The highest BCUT2D eigenvalue weighted by atomic mass is 32.2. The van der Waals surface area contributed by atoms with Crippen molar-refractivity contribution in [2.24, 2.45) is 0 Å². The monoisotopic (exact) mass is 335 g/mol. The van der Waals surface area contributed by atoms with Crippen molar-refractivity contribution in [2.75, 3.05) is 5.75 Å². The molecule has 22 heavy (non-hydrogen) atoms. The first-order valence-electron chi connectivity index (χ1n) is 7.39. The van der Waals surface area contributed by atoms with E-state index in [-0.39, 0.29) is 18.3 Å². The predicted octanol–water partition coefficient (Wildman–Crippen LogP) is 3.80. The van der Waals surface area contributed by atoms with Crippen molar-refractivity contribution < 1.29 is 21.6 Å². The van der Waals surface area contributed by atoms with Crippen LogP contribution in [0.1, 0.15) is 43.7 Å². The fourth-order valence-corrected chi connectivity index (χ4v) is 4.14. The van der Waals surface area contributed by atoms with E-state index in [1.165, 1.54) is 16.4 Å². The Morgan fingerprint density at radius 2 is 1.77 bits per heavy atom. The van der Waals surface area contributed by atoms with Crippen LogP contribution in [0.5, 0.6) is 0 Å². The van der Waals surface area contributed by atoms with Gasteiger partial charge in [0.1, 0.15) is 0 Å². The Morgan fingerprint density at radius 1 is 1.18 bits per heavy atom. The van der Waals surface area contributed by atoms with E-state index in [4.69, 9.17) is 0 Å². The van der Waals surface area contributed by atoms with Crippen LogP contribution in [0.15, 0.2) is 24.3 Å². The number of alkyl halides is 3. The molecule has 0 amide bonds. The molecule has 1 fully saturated rings. The van der Waals surface area contributed by atoms with Gasteiger partial charge in [-0.25, -0.2) is 8.42 Å². The molecule has 0 radical (unpaired) electrons. The van der Waals surface area contributed by atoms with E-state index in [2.05, 4.69) is 0 Å². The Labute approximate surface area is 129 Å². The van der Waals surface area contributed by atoms with Gasteiger partial charge in [-0.15, -0.1) is 0 Å². The minimum Gasteiger partial charge on any atom is -0.212 e. The van der Waals surface area contributed by atoms with Gasteiger partial charge in [0.15, 0.2) is 0 Å². The van der Waals surface area contributed by atoms with Gasteiger partial charge in [-0.3, -0.25) is 0 Å². The van der Waals surface area contributed by atoms with Crippen LogP contribution in [0.2, 0.25) is 0 Å². The number of halogens is 3. The zero-order valence-electron chi connectivity index (χ0n) is 12.4. The highest BCUT2D eigenvalue weighted by Crippen LogP contribution is 2.32. The third-order valence-corrected chi connectivity index (χ3v) is 5.63. The molecule has 0 saturated heterocycles. The largest absolute Gasteiger partial charge is 0.416 e. The molecule has 1 aromatic rings. The molecule has 0 aromatic heterocycles. The standard InChI is InChI=1S/C15H20F3NO2S/c1-2-3-10-22(20,21)19(14-8-9-14)11-12-4-6-13(7-5-12)15(16,17)18/h4-7,14H,2-3,8-11H2,1H3. The van der Waals surface area contributed by atoms with Crippen LogP contribution in [-0.4, -0.2) is 24.5 Å². The van der Waals surface area contributed by atoms with Gasteiger partial charge in [0.2, 0.25) is 10.0 Å². The minimum atomic E-state index is -4.37. The number of hydrogen-bond acceptors (Lipinski definition) is 2. The van der Waals surface area contributed by atoms with E-state index in [1.807, 2.05) is 6.92 Å². The van der Waals surface area contributed by atoms with Crippen LogP contribution in [0.3, 0.4) is 0 Å². The smallest absolute Gasteiger partial charge is 0.212 e. The lowest BCUT2D eigenvalue weighted by molar-refractivity contribution is -0.137. The summed E-state index contributed by atoms with van der Waals surface area (Å²) < 4.78 is 63.8. The molecule has 0 atom stereocenters. The highest BCUT2D eigenvalue weighted by Gasteiger charge is 2.37. The number of unbranched alkanes of at least 4 members (excludes halogenated alkanes) is 1. The lowest BCUT2D eigenvalue weighted by atomic mass is 10.1. The van der Waals surface area contributed by atoms with E-state index < -0.39 is 21.8 Å². The van der Waals surface area contributed by atoms with Gasteiger partial charge in [-0.1, -0.05) is 25.5 Å². The minimum absolute atomic E-state index is 0.00384. The summed E-state index contributed by atoms with van der Waals surface area (Å²) >= 11 is 0. The van der Waals surface area contributed by atoms with Crippen LogP contribution in [0.25, 0.3) is 0 Å². The van der Waals surface area contributed by atoms with Gasteiger partial charge in [-0.2, -0.15) is 17.5 Å². The maximum absolute atomic E-state index is 12.5. The molecule has 0 unspecified atom stereocenters. The molecular weight excluding hydrogens is 315 g/mol. The third kappa shape index (κ3) is 4.46. The summed E-state index contributed by atoms with van der Waals surface area (Å²) in [5.74, 6) is 0.0979. The average Bonchev–Trinajstić information content (AvgIpc) is 3.26. The number of benzene rings is 1. The molecule has 1 aliphatic rings. The van der Waals surface area contributed by atoms with Gasteiger partial charge in [0.05, 0.1) is 11.3 Å². The second-order valence-corrected chi connectivity index (χ2v) is 7.68. The van der Waals surface area contributed by atoms with Crippen molar-refractivity contribution in [1.29, 1.82) is 0 Å². The van der Waals surface area contributed by atoms with Crippen LogP contribution in [0, 0.1) is 0 Å². The van der Waals surface area contributed by atoms with E-state index in [9.17, 15) is 21.6 Å². The van der Waals surface area contributed by atoms with Crippen LogP contribution >= 0.6 is 0 Å². The third-order valence-electron chi connectivity index (χ3n) is 3.69. The summed E-state index contributed by atoms with van der Waals surface area (Å²) in [6.07, 6.45) is -1.34. The first-order valence-corrected chi connectivity index (χ1v) is 9.00. The maximum Gasteiger partial charge on any atom is 0.416 e. The van der Waals surface area contributed by atoms with Crippen molar-refractivity contribution in [3.8, 4) is 0 Å². The summed E-state index contributed by atoms with van der Waals surface area (Å²) in [5.41, 5.74) is -0.136. The molecule has 124 valence electrons. The SMILES string of the molecule is CCCCS(=O)(=O)N(Cc1ccc(C(F)(F)F)cc1)C1CC1. The summed E-state index contributed by atoms with van der Waals surface area (Å²) in [7, 11) is -3.35. The quantitative estimate of drug-likeness (QED) is 0.760. The lowest BCUT2D eigenvalue weighted by Crippen LogP contribution is -2.34. The van der Waals surface area contributed by atoms with Gasteiger partial charge >= 0.3 is 6.18 Å². The second-order valence-electron chi connectivity index (χ2n) is 5.64. The summed E-state index contributed by atoms with van der Waals surface area (Å²) in [6.45, 7) is 2.07. The summed E-state index contributed by atoms with van der Waals surface area (Å²) in [6, 6.07) is 4.71. The fraction of sp³-hybridized carbons (Fsp3) is 0.600. The van der Waals surface area contributed by atoms with Crippen LogP contribution in [-0.2, 0) is 22.7 Å². The Hall–Kier alpha value is -1.08. The number of rotatable bonds is 7. The molecule has 1 saturated carbocycles. The fourth-order valence-electron chi connectivity index (χ4n) is 2.24. The Kier molecular flexibility index (Phi) is 5.17. The van der Waals surface area contributed by atoms with Crippen molar-refractivity contribution in [3.05, 3.63) is 35.4 Å². The van der Waals surface area contributed by atoms with Crippen LogP contribution in [0.4, 0.5) is 13.2 Å². The first-order chi connectivity index (χ1) is 10.2. The average molecular weight is 335 g/mol. The number of nitrogens with zero attached hydrogens (tertiary/aromatic N) is 1. The molecule has 3 nitrogen and oxygen atoms in total. The summed E-state index contributed by atoms with van der Waals surface area (Å²) in [4.78, 5) is 0. The molecule has 0 bridgehead atoms. The molecular formula is C15H20F3NO2S. The molecule has 1 aromatic carbocycles. The van der Waals surface area contributed by atoms with E-state index >= 15 is 0 Å². The molecule has 0 heterocycles. The Bertz CT molecular complexity index is 592. The number of hydrogen-bond donors (Lipinski definition) is 0. The van der Waals surface area contributed by atoms with Crippen molar-refractivity contribution >= 4 is 10.0 Å². The van der Waals surface area contributed by atoms with Gasteiger partial charge in [-0.05, 0) is 37.0 Å². The molecule has 0 N–H and O–H groups in total. The highest BCUT2D eigenvalue weighted by molar-refractivity contribution is 7.89. The van der Waals surface area contributed by atoms with Crippen molar-refractivity contribution in [3.63, 3.8) is 0 Å². The van der Waals surface area contributed by atoms with E-state index in [1.54, 1.807) is 0 Å². The van der Waals surface area contributed by atoms with Crippen molar-refractivity contribution in [1.82, 2.24) is 4.31 Å². The second kappa shape index (κ2) is 6.58. The molecule has 1 aliphatic carbocycles. The zero-order chi connectivity index (χ0) is 16.4. The molecule has 7 heteroatoms. The van der Waals surface area contributed by atoms with Crippen molar-refractivity contribution in [2.45, 2.75) is 51.4 Å². The first kappa shape index (κ1) is 17.3. The van der Waals surface area contributed by atoms with Crippen LogP contribution < -0.4 is 0 Å². The predicted molar refractivity (Wildman–Crippen MR) is 78.7 cm³/mol. The summed E-state index contributed by atoms with van der Waals surface area (Å²) in [5, 5.41) is 0. The van der Waals surface area contributed by atoms with E-state index in [0.717, 1.165) is 31.4 Å². The normalized spacial score (nSPS) is 16.2. The van der Waals surface area contributed by atoms with Gasteiger partial charge < -0.3 is 0 Å². The van der Waals surface area contributed by atoms with E-state index in [0.29, 0.717) is 12.0 Å². The lowest BCUT2D eigenvalue weighted by Gasteiger charge is -2.22. The molecule has 2 rings (SSSR count). The number of sulfonamides is 1. The molecule has 0 aliphatic heterocycles. The Morgan fingerprint density at radius 3 is 2.23 bits per heavy atom. The van der Waals surface area contributed by atoms with Gasteiger partial charge in [0.25, 0.3) is 0 Å². The van der Waals surface area contributed by atoms with Gasteiger partial charge in [0, 0.05) is 12.6 Å². The molecule has 0 spiro atoms. The zero-order valence-corrected chi connectivity index (χ0v) is 13.3.